The lowest BCUT2D eigenvalue weighted by molar-refractivity contribution is -0.119. The predicted octanol–water partition coefficient (Wildman–Crippen LogP) is 2.35. The molecule has 29 heavy (non-hydrogen) atoms. The zero-order valence-corrected chi connectivity index (χ0v) is 16.8. The van der Waals surface area contributed by atoms with Crippen LogP contribution < -0.4 is 16.1 Å². The maximum Gasteiger partial charge on any atom is 0.341 e. The molecule has 0 radical (unpaired) electrons. The van der Waals surface area contributed by atoms with Gasteiger partial charge in [0, 0.05) is 11.3 Å². The van der Waals surface area contributed by atoms with Gasteiger partial charge in [-0.2, -0.15) is 5.10 Å². The lowest BCUT2D eigenvalue weighted by Gasteiger charge is -2.20. The summed E-state index contributed by atoms with van der Waals surface area (Å²) >= 11 is 1.24. The van der Waals surface area contributed by atoms with Crippen molar-refractivity contribution in [2.45, 2.75) is 26.3 Å². The van der Waals surface area contributed by atoms with Gasteiger partial charge < -0.3 is 15.8 Å². The van der Waals surface area contributed by atoms with Crippen LogP contribution in [0.2, 0.25) is 0 Å². The standard InChI is InChI=1S/C19H19FN4O4S/c1-9-10(2)29-18(15(9)19(27)28-3)22-17(26)13-8-14(16(21)25)24(23-13)12-6-4-11(20)5-7-12/h4-7,14H,8H2,1-3H3,(H2,21,25)(H,22,26). The van der Waals surface area contributed by atoms with Crippen LogP contribution in [0.4, 0.5) is 15.1 Å². The van der Waals surface area contributed by atoms with Crippen molar-refractivity contribution >= 4 is 45.5 Å². The van der Waals surface area contributed by atoms with Crippen molar-refractivity contribution in [3.8, 4) is 0 Å². The molecule has 8 nitrogen and oxygen atoms in total. The van der Waals surface area contributed by atoms with Gasteiger partial charge in [-0.3, -0.25) is 14.6 Å². The fourth-order valence-electron chi connectivity index (χ4n) is 2.94. The number of thiophene rings is 1. The van der Waals surface area contributed by atoms with Crippen LogP contribution in [0.5, 0.6) is 0 Å². The number of halogens is 1. The summed E-state index contributed by atoms with van der Waals surface area (Å²) in [6, 6.07) is 4.45. The first-order valence-corrected chi connectivity index (χ1v) is 9.45. The van der Waals surface area contributed by atoms with E-state index < -0.39 is 29.6 Å². The van der Waals surface area contributed by atoms with Gasteiger partial charge in [0.25, 0.3) is 5.91 Å². The van der Waals surface area contributed by atoms with Crippen LogP contribution in [0, 0.1) is 19.7 Å². The fourth-order valence-corrected chi connectivity index (χ4v) is 3.98. The molecule has 10 heteroatoms. The molecule has 0 aliphatic carbocycles. The molecule has 152 valence electrons. The van der Waals surface area contributed by atoms with E-state index in [0.29, 0.717) is 16.3 Å². The largest absolute Gasteiger partial charge is 0.465 e. The first-order chi connectivity index (χ1) is 13.7. The van der Waals surface area contributed by atoms with Crippen LogP contribution in [-0.2, 0) is 14.3 Å². The summed E-state index contributed by atoms with van der Waals surface area (Å²) in [6.45, 7) is 3.59. The van der Waals surface area contributed by atoms with E-state index in [4.69, 9.17) is 10.5 Å². The minimum Gasteiger partial charge on any atom is -0.465 e. The second-order valence-electron chi connectivity index (χ2n) is 6.42. The Balaban J connectivity index is 1.89. The zero-order valence-electron chi connectivity index (χ0n) is 16.0. The second-order valence-corrected chi connectivity index (χ2v) is 7.65. The van der Waals surface area contributed by atoms with Crippen molar-refractivity contribution < 1.29 is 23.5 Å². The van der Waals surface area contributed by atoms with Crippen LogP contribution in [0.1, 0.15) is 27.2 Å². The summed E-state index contributed by atoms with van der Waals surface area (Å²) in [7, 11) is 1.26. The SMILES string of the molecule is COC(=O)c1c(NC(=O)C2=NN(c3ccc(F)cc3)C(C(N)=O)C2)sc(C)c1C. The molecule has 1 aromatic carbocycles. The summed E-state index contributed by atoms with van der Waals surface area (Å²) in [6.07, 6.45) is -0.0184. The number of aryl methyl sites for hydroxylation is 1. The molecule has 1 aliphatic heterocycles. The molecule has 3 rings (SSSR count). The number of hydrazone groups is 1. The van der Waals surface area contributed by atoms with E-state index >= 15 is 0 Å². The van der Waals surface area contributed by atoms with E-state index in [0.717, 1.165) is 4.88 Å². The number of primary amides is 1. The Kier molecular flexibility index (Phi) is 5.64. The van der Waals surface area contributed by atoms with Gasteiger partial charge in [-0.1, -0.05) is 0 Å². The molecule has 0 saturated heterocycles. The normalized spacial score (nSPS) is 15.8. The molecule has 3 N–H and O–H groups in total. The van der Waals surface area contributed by atoms with E-state index in [-0.39, 0.29) is 17.7 Å². The molecule has 0 saturated carbocycles. The minimum absolute atomic E-state index is 0.0184. The lowest BCUT2D eigenvalue weighted by Crippen LogP contribution is -2.39. The number of esters is 1. The summed E-state index contributed by atoms with van der Waals surface area (Å²) in [4.78, 5) is 37.6. The predicted molar refractivity (Wildman–Crippen MR) is 108 cm³/mol. The first-order valence-electron chi connectivity index (χ1n) is 8.64. The summed E-state index contributed by atoms with van der Waals surface area (Å²) in [5.41, 5.74) is 6.95. The number of nitrogens with one attached hydrogen (secondary N) is 1. The van der Waals surface area contributed by atoms with E-state index in [1.807, 2.05) is 6.92 Å². The van der Waals surface area contributed by atoms with Crippen molar-refractivity contribution in [2.24, 2.45) is 10.8 Å². The van der Waals surface area contributed by atoms with Crippen LogP contribution >= 0.6 is 11.3 Å². The number of carbonyl (C=O) groups excluding carboxylic acids is 3. The lowest BCUT2D eigenvalue weighted by atomic mass is 10.1. The van der Waals surface area contributed by atoms with Gasteiger partial charge in [0.15, 0.2) is 0 Å². The number of hydrogen-bond donors (Lipinski definition) is 2. The Bertz CT molecular complexity index is 1020. The maximum absolute atomic E-state index is 13.2. The molecule has 0 fully saturated rings. The van der Waals surface area contributed by atoms with E-state index in [2.05, 4.69) is 10.4 Å². The third-order valence-electron chi connectivity index (χ3n) is 4.59. The highest BCUT2D eigenvalue weighted by molar-refractivity contribution is 7.17. The molecule has 2 heterocycles. The maximum atomic E-state index is 13.2. The third kappa shape index (κ3) is 3.97. The summed E-state index contributed by atoms with van der Waals surface area (Å²) in [5.74, 6) is -2.23. The first kappa shape index (κ1) is 20.5. The van der Waals surface area contributed by atoms with Crippen LogP contribution in [0.15, 0.2) is 29.4 Å². The number of ether oxygens (including phenoxy) is 1. The molecule has 1 aromatic heterocycles. The van der Waals surface area contributed by atoms with Crippen molar-refractivity contribution in [1.29, 1.82) is 0 Å². The number of amides is 2. The van der Waals surface area contributed by atoms with Gasteiger partial charge in [0.2, 0.25) is 5.91 Å². The van der Waals surface area contributed by atoms with Crippen LogP contribution in [-0.4, -0.2) is 36.6 Å². The highest BCUT2D eigenvalue weighted by Gasteiger charge is 2.35. The van der Waals surface area contributed by atoms with Gasteiger partial charge >= 0.3 is 5.97 Å². The number of carbonyl (C=O) groups is 3. The fraction of sp³-hybridized carbons (Fsp3) is 0.263. The molecule has 1 atom stereocenters. The van der Waals surface area contributed by atoms with Crippen LogP contribution in [0.3, 0.4) is 0 Å². The van der Waals surface area contributed by atoms with Crippen molar-refractivity contribution in [1.82, 2.24) is 0 Å². The molecule has 2 aromatic rings. The highest BCUT2D eigenvalue weighted by atomic mass is 32.1. The Labute approximate surface area is 170 Å². The molecule has 1 aliphatic rings. The van der Waals surface area contributed by atoms with Crippen molar-refractivity contribution in [3.63, 3.8) is 0 Å². The monoisotopic (exact) mass is 418 g/mol. The zero-order chi connectivity index (χ0) is 21.3. The average Bonchev–Trinajstić information content (AvgIpc) is 3.24. The second kappa shape index (κ2) is 8.00. The summed E-state index contributed by atoms with van der Waals surface area (Å²) < 4.78 is 18.0. The number of benzene rings is 1. The highest BCUT2D eigenvalue weighted by Crippen LogP contribution is 2.33. The summed E-state index contributed by atoms with van der Waals surface area (Å²) in [5, 5.41) is 8.53. The number of methoxy groups -OCH3 is 1. The quantitative estimate of drug-likeness (QED) is 0.724. The van der Waals surface area contributed by atoms with E-state index in [1.165, 1.54) is 47.7 Å². The van der Waals surface area contributed by atoms with Crippen molar-refractivity contribution in [2.75, 3.05) is 17.4 Å². The number of anilines is 2. The number of hydrogen-bond acceptors (Lipinski definition) is 7. The Morgan fingerprint density at radius 1 is 1.28 bits per heavy atom. The van der Waals surface area contributed by atoms with Gasteiger partial charge in [-0.25, -0.2) is 9.18 Å². The molecule has 1 unspecified atom stereocenters. The molecule has 0 bridgehead atoms. The Hall–Kier alpha value is -3.27. The number of nitrogens with two attached hydrogens (primary N) is 1. The van der Waals surface area contributed by atoms with Gasteiger partial charge in [0.1, 0.15) is 22.6 Å². The Morgan fingerprint density at radius 3 is 2.52 bits per heavy atom. The van der Waals surface area contributed by atoms with Crippen molar-refractivity contribution in [3.05, 3.63) is 46.1 Å². The molecular formula is C19H19FN4O4S. The van der Waals surface area contributed by atoms with E-state index in [9.17, 15) is 18.8 Å². The minimum atomic E-state index is -0.881. The molecular weight excluding hydrogens is 399 g/mol. The van der Waals surface area contributed by atoms with Gasteiger partial charge in [-0.05, 0) is 43.7 Å². The van der Waals surface area contributed by atoms with Gasteiger partial charge in [0.05, 0.1) is 18.4 Å². The Morgan fingerprint density at radius 2 is 1.93 bits per heavy atom. The van der Waals surface area contributed by atoms with Gasteiger partial charge in [-0.15, -0.1) is 11.3 Å². The van der Waals surface area contributed by atoms with E-state index in [1.54, 1.807) is 6.92 Å². The third-order valence-corrected chi connectivity index (χ3v) is 5.72. The topological polar surface area (TPSA) is 114 Å². The van der Waals surface area contributed by atoms with Crippen LogP contribution in [0.25, 0.3) is 0 Å². The smallest absolute Gasteiger partial charge is 0.341 e. The number of nitrogens with zero attached hydrogens (tertiary/aromatic N) is 2. The average molecular weight is 418 g/mol. The molecule has 2 amide bonds. The number of rotatable bonds is 5. The molecule has 0 spiro atoms.